The van der Waals surface area contributed by atoms with Gasteiger partial charge in [0.2, 0.25) is 0 Å². The molecule has 5 heteroatoms. The molecule has 0 aliphatic heterocycles. The van der Waals surface area contributed by atoms with Crippen molar-refractivity contribution in [2.75, 3.05) is 19.3 Å². The highest BCUT2D eigenvalue weighted by molar-refractivity contribution is 7.98. The van der Waals surface area contributed by atoms with Crippen molar-refractivity contribution < 1.29 is 4.79 Å². The molecule has 0 radical (unpaired) electrons. The highest BCUT2D eigenvalue weighted by Crippen LogP contribution is 2.23. The standard InChI is InChI=1S/C20H25ClN2OS/c1-4-23(5-2)14-16-8-6-15(7-9-16)13-22-20(24)18-12-17(25-3)10-11-19(18)21/h6-12H,4-5,13-14H2,1-3H3,(H,22,24). The van der Waals surface area contributed by atoms with E-state index in [1.165, 1.54) is 5.56 Å². The van der Waals surface area contributed by atoms with Gasteiger partial charge in [0, 0.05) is 18.0 Å². The predicted octanol–water partition coefficient (Wildman–Crippen LogP) is 4.83. The van der Waals surface area contributed by atoms with E-state index in [1.807, 2.05) is 18.4 Å². The number of nitrogens with zero attached hydrogens (tertiary/aromatic N) is 1. The molecule has 1 N–H and O–H groups in total. The summed E-state index contributed by atoms with van der Waals surface area (Å²) in [4.78, 5) is 15.8. The zero-order valence-corrected chi connectivity index (χ0v) is 16.6. The quantitative estimate of drug-likeness (QED) is 0.669. The van der Waals surface area contributed by atoms with Crippen LogP contribution < -0.4 is 5.32 Å². The van der Waals surface area contributed by atoms with Crippen LogP contribution in [0.25, 0.3) is 0 Å². The lowest BCUT2D eigenvalue weighted by Crippen LogP contribution is -2.23. The molecule has 2 aromatic rings. The summed E-state index contributed by atoms with van der Waals surface area (Å²) >= 11 is 7.74. The van der Waals surface area contributed by atoms with Gasteiger partial charge >= 0.3 is 0 Å². The van der Waals surface area contributed by atoms with Crippen molar-refractivity contribution in [3.8, 4) is 0 Å². The summed E-state index contributed by atoms with van der Waals surface area (Å²) in [5.41, 5.74) is 2.88. The minimum atomic E-state index is -0.145. The molecule has 1 amide bonds. The molecule has 3 nitrogen and oxygen atoms in total. The van der Waals surface area contributed by atoms with Gasteiger partial charge in [0.05, 0.1) is 10.6 Å². The lowest BCUT2D eigenvalue weighted by atomic mass is 10.1. The highest BCUT2D eigenvalue weighted by Gasteiger charge is 2.11. The van der Waals surface area contributed by atoms with E-state index >= 15 is 0 Å². The van der Waals surface area contributed by atoms with Crippen LogP contribution >= 0.6 is 23.4 Å². The molecule has 25 heavy (non-hydrogen) atoms. The molecule has 0 aromatic heterocycles. The average Bonchev–Trinajstić information content (AvgIpc) is 2.65. The third-order valence-corrected chi connectivity index (χ3v) is 5.25. The first-order valence-corrected chi connectivity index (χ1v) is 10.1. The van der Waals surface area contributed by atoms with E-state index in [-0.39, 0.29) is 5.91 Å². The number of carbonyl (C=O) groups excluding carboxylic acids is 1. The van der Waals surface area contributed by atoms with Gasteiger partial charge in [-0.05, 0) is 48.7 Å². The summed E-state index contributed by atoms with van der Waals surface area (Å²) in [6, 6.07) is 13.9. The van der Waals surface area contributed by atoms with Crippen molar-refractivity contribution in [1.29, 1.82) is 0 Å². The second-order valence-corrected chi connectivity index (χ2v) is 7.09. The molecule has 134 valence electrons. The van der Waals surface area contributed by atoms with Crippen LogP contribution in [0.4, 0.5) is 0 Å². The van der Waals surface area contributed by atoms with Crippen LogP contribution in [-0.2, 0) is 13.1 Å². The van der Waals surface area contributed by atoms with Crippen LogP contribution in [0.15, 0.2) is 47.4 Å². The number of benzene rings is 2. The van der Waals surface area contributed by atoms with Gasteiger partial charge < -0.3 is 5.32 Å². The van der Waals surface area contributed by atoms with Gasteiger partial charge in [-0.3, -0.25) is 9.69 Å². The maximum absolute atomic E-state index is 12.4. The van der Waals surface area contributed by atoms with Gasteiger partial charge in [-0.2, -0.15) is 0 Å². The molecule has 0 unspecified atom stereocenters. The van der Waals surface area contributed by atoms with Crippen molar-refractivity contribution in [2.45, 2.75) is 31.8 Å². The van der Waals surface area contributed by atoms with E-state index < -0.39 is 0 Å². The Bertz CT molecular complexity index is 699. The molecule has 2 aromatic carbocycles. The maximum Gasteiger partial charge on any atom is 0.253 e. The first-order valence-electron chi connectivity index (χ1n) is 8.49. The number of amides is 1. The maximum atomic E-state index is 12.4. The van der Waals surface area contributed by atoms with E-state index in [0.717, 1.165) is 30.1 Å². The van der Waals surface area contributed by atoms with E-state index in [2.05, 4.69) is 48.3 Å². The minimum Gasteiger partial charge on any atom is -0.348 e. The lowest BCUT2D eigenvalue weighted by molar-refractivity contribution is 0.0951. The fourth-order valence-corrected chi connectivity index (χ4v) is 3.19. The molecule has 0 fully saturated rings. The van der Waals surface area contributed by atoms with Crippen molar-refractivity contribution in [1.82, 2.24) is 10.2 Å². The Labute approximate surface area is 159 Å². The van der Waals surface area contributed by atoms with Crippen molar-refractivity contribution >= 4 is 29.3 Å². The monoisotopic (exact) mass is 376 g/mol. The molecule has 0 saturated heterocycles. The number of carbonyl (C=O) groups is 1. The van der Waals surface area contributed by atoms with Crippen molar-refractivity contribution in [3.63, 3.8) is 0 Å². The van der Waals surface area contributed by atoms with Gasteiger partial charge in [-0.25, -0.2) is 0 Å². The predicted molar refractivity (Wildman–Crippen MR) is 107 cm³/mol. The highest BCUT2D eigenvalue weighted by atomic mass is 35.5. The summed E-state index contributed by atoms with van der Waals surface area (Å²) in [7, 11) is 0. The summed E-state index contributed by atoms with van der Waals surface area (Å²) in [5.74, 6) is -0.145. The van der Waals surface area contributed by atoms with Crippen molar-refractivity contribution in [2.24, 2.45) is 0 Å². The molecule has 2 rings (SSSR count). The van der Waals surface area contributed by atoms with E-state index in [4.69, 9.17) is 11.6 Å². The fraction of sp³-hybridized carbons (Fsp3) is 0.350. The molecular formula is C20H25ClN2OS. The Balaban J connectivity index is 1.96. The van der Waals surface area contributed by atoms with Gasteiger partial charge in [-0.15, -0.1) is 11.8 Å². The van der Waals surface area contributed by atoms with Gasteiger partial charge in [-0.1, -0.05) is 49.7 Å². The Morgan fingerprint density at radius 1 is 1.08 bits per heavy atom. The second kappa shape index (κ2) is 9.85. The molecule has 0 aliphatic rings. The van der Waals surface area contributed by atoms with E-state index in [0.29, 0.717) is 17.1 Å². The third kappa shape index (κ3) is 5.77. The smallest absolute Gasteiger partial charge is 0.253 e. The Morgan fingerprint density at radius 3 is 2.32 bits per heavy atom. The minimum absolute atomic E-state index is 0.145. The van der Waals surface area contributed by atoms with Gasteiger partial charge in [0.15, 0.2) is 0 Å². The SMILES string of the molecule is CCN(CC)Cc1ccc(CNC(=O)c2cc(SC)ccc2Cl)cc1. The number of rotatable bonds is 8. The van der Waals surface area contributed by atoms with E-state index in [9.17, 15) is 4.79 Å². The first-order chi connectivity index (χ1) is 12.1. The molecule has 0 bridgehead atoms. The number of hydrogen-bond donors (Lipinski definition) is 1. The normalized spacial score (nSPS) is 10.9. The fourth-order valence-electron chi connectivity index (χ4n) is 2.55. The molecule has 0 spiro atoms. The first kappa shape index (κ1) is 19.8. The van der Waals surface area contributed by atoms with Crippen LogP contribution in [0, 0.1) is 0 Å². The Hall–Kier alpha value is -1.49. The topological polar surface area (TPSA) is 32.3 Å². The van der Waals surface area contributed by atoms with E-state index in [1.54, 1.807) is 17.8 Å². The van der Waals surface area contributed by atoms with Crippen molar-refractivity contribution in [3.05, 3.63) is 64.2 Å². The third-order valence-electron chi connectivity index (χ3n) is 4.19. The summed E-state index contributed by atoms with van der Waals surface area (Å²) in [5, 5.41) is 3.42. The summed E-state index contributed by atoms with van der Waals surface area (Å²) in [6.45, 7) is 7.88. The largest absolute Gasteiger partial charge is 0.348 e. The average molecular weight is 377 g/mol. The van der Waals surface area contributed by atoms with Crippen LogP contribution in [0.3, 0.4) is 0 Å². The summed E-state index contributed by atoms with van der Waals surface area (Å²) < 4.78 is 0. The van der Waals surface area contributed by atoms with Gasteiger partial charge in [0.1, 0.15) is 0 Å². The molecule has 0 heterocycles. The number of nitrogens with one attached hydrogen (secondary N) is 1. The Kier molecular flexibility index (Phi) is 7.82. The zero-order chi connectivity index (χ0) is 18.2. The van der Waals surface area contributed by atoms with Crippen LogP contribution in [0.5, 0.6) is 0 Å². The van der Waals surface area contributed by atoms with Gasteiger partial charge in [0.25, 0.3) is 5.91 Å². The number of hydrogen-bond acceptors (Lipinski definition) is 3. The zero-order valence-electron chi connectivity index (χ0n) is 15.0. The van der Waals surface area contributed by atoms with Crippen LogP contribution in [0.2, 0.25) is 5.02 Å². The second-order valence-electron chi connectivity index (χ2n) is 5.81. The number of halogens is 1. The Morgan fingerprint density at radius 2 is 1.72 bits per heavy atom. The molecule has 0 aliphatic carbocycles. The molecule has 0 atom stereocenters. The number of thioether (sulfide) groups is 1. The van der Waals surface area contributed by atoms with Crippen LogP contribution in [0.1, 0.15) is 35.3 Å². The molecular weight excluding hydrogens is 352 g/mol. The molecule has 0 saturated carbocycles. The lowest BCUT2D eigenvalue weighted by Gasteiger charge is -2.18. The van der Waals surface area contributed by atoms with Crippen LogP contribution in [-0.4, -0.2) is 30.2 Å². The summed E-state index contributed by atoms with van der Waals surface area (Å²) in [6.07, 6.45) is 1.98.